The number of halogens is 1. The van der Waals surface area contributed by atoms with Gasteiger partial charge in [-0.2, -0.15) is 0 Å². The van der Waals surface area contributed by atoms with Gasteiger partial charge >= 0.3 is 0 Å². The van der Waals surface area contributed by atoms with E-state index in [1.54, 1.807) is 29.2 Å². The average molecular weight is 252 g/mol. The van der Waals surface area contributed by atoms with Crippen molar-refractivity contribution in [1.29, 1.82) is 0 Å². The Morgan fingerprint density at radius 3 is 2.76 bits per heavy atom. The van der Waals surface area contributed by atoms with Gasteiger partial charge in [0.1, 0.15) is 5.78 Å². The minimum absolute atomic E-state index is 0.0739. The van der Waals surface area contributed by atoms with Crippen LogP contribution in [0.1, 0.15) is 23.7 Å². The quantitative estimate of drug-likeness (QED) is 0.769. The van der Waals surface area contributed by atoms with Crippen molar-refractivity contribution in [2.24, 2.45) is 5.92 Å². The van der Waals surface area contributed by atoms with Crippen LogP contribution in [0.15, 0.2) is 24.3 Å². The number of rotatable bonds is 1. The fraction of sp³-hybridized carbons (Fsp3) is 0.385. The third-order valence-corrected chi connectivity index (χ3v) is 3.39. The van der Waals surface area contributed by atoms with Gasteiger partial charge in [-0.1, -0.05) is 30.7 Å². The highest BCUT2D eigenvalue weighted by Crippen LogP contribution is 2.20. The third kappa shape index (κ3) is 2.50. The summed E-state index contributed by atoms with van der Waals surface area (Å²) >= 11 is 5.99. The van der Waals surface area contributed by atoms with Gasteiger partial charge < -0.3 is 4.90 Å². The van der Waals surface area contributed by atoms with Crippen molar-refractivity contribution in [2.75, 3.05) is 13.1 Å². The first-order valence-corrected chi connectivity index (χ1v) is 6.04. The van der Waals surface area contributed by atoms with Gasteiger partial charge in [0, 0.05) is 25.4 Å². The van der Waals surface area contributed by atoms with E-state index in [2.05, 4.69) is 0 Å². The topological polar surface area (TPSA) is 37.4 Å². The van der Waals surface area contributed by atoms with Crippen molar-refractivity contribution in [3.05, 3.63) is 34.9 Å². The molecule has 0 aromatic heterocycles. The summed E-state index contributed by atoms with van der Waals surface area (Å²) in [5.74, 6) is 0.0679. The van der Waals surface area contributed by atoms with Crippen molar-refractivity contribution in [1.82, 2.24) is 4.90 Å². The Morgan fingerprint density at radius 2 is 2.12 bits per heavy atom. The molecule has 0 spiro atoms. The zero-order valence-electron chi connectivity index (χ0n) is 9.65. The largest absolute Gasteiger partial charge is 0.337 e. The number of benzene rings is 1. The first-order chi connectivity index (χ1) is 8.09. The molecule has 0 radical (unpaired) electrons. The second-order valence-electron chi connectivity index (χ2n) is 4.35. The monoisotopic (exact) mass is 251 g/mol. The van der Waals surface area contributed by atoms with Crippen molar-refractivity contribution >= 4 is 23.3 Å². The molecule has 0 bridgehead atoms. The smallest absolute Gasteiger partial charge is 0.255 e. The van der Waals surface area contributed by atoms with Crippen LogP contribution >= 0.6 is 11.6 Å². The first kappa shape index (κ1) is 12.1. The predicted molar refractivity (Wildman–Crippen MR) is 66.1 cm³/mol. The summed E-state index contributed by atoms with van der Waals surface area (Å²) < 4.78 is 0. The molecule has 17 heavy (non-hydrogen) atoms. The fourth-order valence-corrected chi connectivity index (χ4v) is 2.22. The van der Waals surface area contributed by atoms with Gasteiger partial charge in [-0.3, -0.25) is 9.59 Å². The molecule has 1 aliphatic heterocycles. The van der Waals surface area contributed by atoms with Gasteiger partial charge in [0.25, 0.3) is 5.91 Å². The van der Waals surface area contributed by atoms with Gasteiger partial charge in [0.2, 0.25) is 0 Å². The highest BCUT2D eigenvalue weighted by Gasteiger charge is 2.27. The highest BCUT2D eigenvalue weighted by molar-refractivity contribution is 6.33. The molecule has 1 aromatic rings. The zero-order chi connectivity index (χ0) is 12.4. The molecule has 1 aliphatic rings. The van der Waals surface area contributed by atoms with Crippen LogP contribution in [0.4, 0.5) is 0 Å². The minimum atomic E-state index is -0.0880. The van der Waals surface area contributed by atoms with Crippen LogP contribution in [-0.4, -0.2) is 29.7 Å². The lowest BCUT2D eigenvalue weighted by molar-refractivity contribution is -0.124. The lowest BCUT2D eigenvalue weighted by Gasteiger charge is -2.30. The lowest BCUT2D eigenvalue weighted by atomic mass is 9.98. The molecule has 1 amide bonds. The molecule has 0 aliphatic carbocycles. The second kappa shape index (κ2) is 4.88. The number of carbonyl (C=O) groups is 2. The highest BCUT2D eigenvalue weighted by atomic mass is 35.5. The van der Waals surface area contributed by atoms with E-state index in [4.69, 9.17) is 11.6 Å². The summed E-state index contributed by atoms with van der Waals surface area (Å²) in [4.78, 5) is 25.3. The Kier molecular flexibility index (Phi) is 3.48. The van der Waals surface area contributed by atoms with Crippen LogP contribution in [0.3, 0.4) is 0 Å². The number of carbonyl (C=O) groups excluding carboxylic acids is 2. The maximum Gasteiger partial charge on any atom is 0.255 e. The Morgan fingerprint density at radius 1 is 1.41 bits per heavy atom. The third-order valence-electron chi connectivity index (χ3n) is 3.06. The molecular formula is C13H14ClNO2. The molecule has 1 unspecified atom stereocenters. The number of Topliss-reactive ketones (excluding diaryl/α,β-unsaturated/α-hetero) is 1. The van der Waals surface area contributed by atoms with Crippen LogP contribution in [0.5, 0.6) is 0 Å². The summed E-state index contributed by atoms with van der Waals surface area (Å²) in [6, 6.07) is 7.00. The molecule has 1 fully saturated rings. The molecule has 1 aromatic carbocycles. The van der Waals surface area contributed by atoms with Crippen molar-refractivity contribution in [3.8, 4) is 0 Å². The number of hydrogen-bond donors (Lipinski definition) is 0. The summed E-state index contributed by atoms with van der Waals surface area (Å²) in [6.07, 6.45) is 0.442. The Hall–Kier alpha value is -1.35. The van der Waals surface area contributed by atoms with Crippen molar-refractivity contribution in [3.63, 3.8) is 0 Å². The first-order valence-electron chi connectivity index (χ1n) is 5.66. The lowest BCUT2D eigenvalue weighted by Crippen LogP contribution is -2.43. The van der Waals surface area contributed by atoms with Gasteiger partial charge in [-0.25, -0.2) is 0 Å². The van der Waals surface area contributed by atoms with E-state index in [1.807, 2.05) is 6.92 Å². The molecule has 3 nitrogen and oxygen atoms in total. The van der Waals surface area contributed by atoms with Gasteiger partial charge in [-0.15, -0.1) is 0 Å². The number of hydrogen-bond acceptors (Lipinski definition) is 2. The van der Waals surface area contributed by atoms with E-state index < -0.39 is 0 Å². The maximum absolute atomic E-state index is 12.2. The Labute approximate surface area is 105 Å². The zero-order valence-corrected chi connectivity index (χ0v) is 10.4. The van der Waals surface area contributed by atoms with Crippen molar-refractivity contribution in [2.45, 2.75) is 13.3 Å². The van der Waals surface area contributed by atoms with Gasteiger partial charge in [-0.05, 0) is 12.1 Å². The Balaban J connectivity index is 2.16. The van der Waals surface area contributed by atoms with E-state index in [0.717, 1.165) is 0 Å². The number of nitrogens with zero attached hydrogens (tertiary/aromatic N) is 1. The van der Waals surface area contributed by atoms with Crippen LogP contribution in [0.2, 0.25) is 5.02 Å². The van der Waals surface area contributed by atoms with E-state index in [9.17, 15) is 9.59 Å². The van der Waals surface area contributed by atoms with Gasteiger partial charge in [0.05, 0.1) is 10.6 Å². The second-order valence-corrected chi connectivity index (χ2v) is 4.76. The molecule has 1 atom stereocenters. The predicted octanol–water partition coefficient (Wildman–Crippen LogP) is 2.39. The molecule has 2 rings (SSSR count). The Bertz CT molecular complexity index is 458. The summed E-state index contributed by atoms with van der Waals surface area (Å²) in [7, 11) is 0. The van der Waals surface area contributed by atoms with Crippen LogP contribution in [0, 0.1) is 5.92 Å². The number of amides is 1. The molecule has 0 N–H and O–H groups in total. The van der Waals surface area contributed by atoms with Crippen LogP contribution in [-0.2, 0) is 4.79 Å². The molecule has 0 saturated carbocycles. The van der Waals surface area contributed by atoms with E-state index >= 15 is 0 Å². The molecular weight excluding hydrogens is 238 g/mol. The van der Waals surface area contributed by atoms with Crippen molar-refractivity contribution < 1.29 is 9.59 Å². The number of likely N-dealkylation sites (tertiary alicyclic amines) is 1. The summed E-state index contributed by atoms with van der Waals surface area (Å²) in [5.41, 5.74) is 0.510. The SMILES string of the molecule is CC1CN(C(=O)c2ccccc2Cl)CCC1=O. The molecule has 90 valence electrons. The molecule has 1 heterocycles. The van der Waals surface area contributed by atoms with E-state index in [1.165, 1.54) is 0 Å². The number of piperidine rings is 1. The summed E-state index contributed by atoms with van der Waals surface area (Å²) in [5, 5.41) is 0.460. The normalized spacial score (nSPS) is 20.5. The van der Waals surface area contributed by atoms with Crippen LogP contribution in [0.25, 0.3) is 0 Å². The minimum Gasteiger partial charge on any atom is -0.337 e. The summed E-state index contributed by atoms with van der Waals surface area (Å²) in [6.45, 7) is 2.84. The molecule has 1 saturated heterocycles. The van der Waals surface area contributed by atoms with E-state index in [0.29, 0.717) is 30.1 Å². The fourth-order valence-electron chi connectivity index (χ4n) is 2.00. The standard InChI is InChI=1S/C13H14ClNO2/c1-9-8-15(7-6-12(9)16)13(17)10-4-2-3-5-11(10)14/h2-5,9H,6-8H2,1H3. The van der Waals surface area contributed by atoms with Gasteiger partial charge in [0.15, 0.2) is 0 Å². The average Bonchev–Trinajstić information content (AvgIpc) is 2.32. The number of ketones is 1. The van der Waals surface area contributed by atoms with Crippen LogP contribution < -0.4 is 0 Å². The molecule has 4 heteroatoms. The van der Waals surface area contributed by atoms with E-state index in [-0.39, 0.29) is 17.6 Å². The maximum atomic E-state index is 12.2.